The molecule has 0 aliphatic carbocycles. The summed E-state index contributed by atoms with van der Waals surface area (Å²) in [5, 5.41) is 9.06. The van der Waals surface area contributed by atoms with Crippen LogP contribution in [0.1, 0.15) is 15.9 Å². The molecule has 0 saturated heterocycles. The van der Waals surface area contributed by atoms with Gasteiger partial charge in [-0.1, -0.05) is 29.8 Å². The van der Waals surface area contributed by atoms with Gasteiger partial charge in [-0.15, -0.1) is 0 Å². The molecule has 2 rings (SSSR count). The third-order valence-electron chi connectivity index (χ3n) is 2.83. The summed E-state index contributed by atoms with van der Waals surface area (Å²) in [5.41, 5.74) is 0.450. The zero-order chi connectivity index (χ0) is 14.7. The van der Waals surface area contributed by atoms with E-state index in [0.717, 1.165) is 0 Å². The predicted molar refractivity (Wildman–Crippen MR) is 74.7 cm³/mol. The van der Waals surface area contributed by atoms with Crippen LogP contribution in [0.5, 0.6) is 0 Å². The second-order valence-corrected chi connectivity index (χ2v) is 4.63. The van der Waals surface area contributed by atoms with Gasteiger partial charge in [-0.05, 0) is 12.1 Å². The predicted octanol–water partition coefficient (Wildman–Crippen LogP) is 3.21. The van der Waals surface area contributed by atoms with Gasteiger partial charge in [0.1, 0.15) is 11.6 Å². The number of aromatic nitrogens is 1. The van der Waals surface area contributed by atoms with Gasteiger partial charge >= 0.3 is 5.97 Å². The lowest BCUT2D eigenvalue weighted by Gasteiger charge is -2.20. The van der Waals surface area contributed by atoms with Gasteiger partial charge in [-0.25, -0.2) is 14.2 Å². The van der Waals surface area contributed by atoms with Crippen LogP contribution in [0.15, 0.2) is 36.5 Å². The molecule has 20 heavy (non-hydrogen) atoms. The average Bonchev–Trinajstić information content (AvgIpc) is 2.41. The monoisotopic (exact) mass is 294 g/mol. The maximum atomic E-state index is 13.6. The number of hydrogen-bond acceptors (Lipinski definition) is 3. The Balaban J connectivity index is 2.30. The Morgan fingerprint density at radius 2 is 2.10 bits per heavy atom. The first kappa shape index (κ1) is 14.3. The van der Waals surface area contributed by atoms with E-state index in [2.05, 4.69) is 4.98 Å². The lowest BCUT2D eigenvalue weighted by atomic mass is 10.2. The van der Waals surface area contributed by atoms with Crippen molar-refractivity contribution in [1.29, 1.82) is 0 Å². The molecule has 0 bridgehead atoms. The molecule has 1 aromatic heterocycles. The summed E-state index contributed by atoms with van der Waals surface area (Å²) in [6.07, 6.45) is 1.36. The van der Waals surface area contributed by atoms with Crippen molar-refractivity contribution in [3.8, 4) is 0 Å². The third-order valence-corrected chi connectivity index (χ3v) is 3.20. The van der Waals surface area contributed by atoms with Gasteiger partial charge in [0.2, 0.25) is 0 Å². The Morgan fingerprint density at radius 1 is 1.40 bits per heavy atom. The molecular formula is C14H12ClFN2O2. The summed E-state index contributed by atoms with van der Waals surface area (Å²) in [6, 6.07) is 7.68. The number of hydrogen-bond donors (Lipinski definition) is 1. The molecule has 0 spiro atoms. The third kappa shape index (κ3) is 2.88. The minimum atomic E-state index is -1.13. The summed E-state index contributed by atoms with van der Waals surface area (Å²) in [4.78, 5) is 16.7. The van der Waals surface area contributed by atoms with Gasteiger partial charge in [-0.3, -0.25) is 0 Å². The molecule has 0 radical (unpaired) electrons. The highest BCUT2D eigenvalue weighted by molar-refractivity contribution is 6.35. The Hall–Kier alpha value is -2.14. The topological polar surface area (TPSA) is 53.4 Å². The molecule has 0 atom stereocenters. The van der Waals surface area contributed by atoms with Crippen LogP contribution in [0.3, 0.4) is 0 Å². The SMILES string of the molecule is CN(Cc1ccccc1F)c1nccc(C(=O)O)c1Cl. The molecule has 6 heteroatoms. The van der Waals surface area contributed by atoms with E-state index in [9.17, 15) is 9.18 Å². The zero-order valence-electron chi connectivity index (χ0n) is 10.7. The molecule has 1 heterocycles. The Labute approximate surface area is 120 Å². The van der Waals surface area contributed by atoms with E-state index in [1.807, 2.05) is 0 Å². The fourth-order valence-corrected chi connectivity index (χ4v) is 2.16. The molecule has 0 unspecified atom stereocenters. The van der Waals surface area contributed by atoms with E-state index >= 15 is 0 Å². The van der Waals surface area contributed by atoms with Crippen molar-refractivity contribution < 1.29 is 14.3 Å². The van der Waals surface area contributed by atoms with Crippen molar-refractivity contribution in [2.24, 2.45) is 0 Å². The molecule has 1 N–H and O–H groups in total. The van der Waals surface area contributed by atoms with Crippen molar-refractivity contribution in [2.75, 3.05) is 11.9 Å². The van der Waals surface area contributed by atoms with Crippen LogP contribution < -0.4 is 4.90 Å². The van der Waals surface area contributed by atoms with Crippen LogP contribution >= 0.6 is 11.6 Å². The second-order valence-electron chi connectivity index (χ2n) is 4.25. The normalized spacial score (nSPS) is 10.3. The fraction of sp³-hybridized carbons (Fsp3) is 0.143. The minimum Gasteiger partial charge on any atom is -0.478 e. The highest BCUT2D eigenvalue weighted by Crippen LogP contribution is 2.27. The van der Waals surface area contributed by atoms with E-state index in [1.165, 1.54) is 18.3 Å². The van der Waals surface area contributed by atoms with Gasteiger partial charge in [0.15, 0.2) is 0 Å². The summed E-state index contributed by atoms with van der Waals surface area (Å²) in [5.74, 6) is -1.15. The number of pyridine rings is 1. The standard InChI is InChI=1S/C14H12ClFN2O2/c1-18(8-9-4-2-3-5-11(9)16)13-12(15)10(14(19)20)6-7-17-13/h2-7H,8H2,1H3,(H,19,20). The Bertz CT molecular complexity index is 649. The van der Waals surface area contributed by atoms with Crippen LogP contribution in [0.2, 0.25) is 5.02 Å². The van der Waals surface area contributed by atoms with Crippen molar-refractivity contribution >= 4 is 23.4 Å². The number of halogens is 2. The first-order valence-corrected chi connectivity index (χ1v) is 6.21. The minimum absolute atomic E-state index is 0.0305. The van der Waals surface area contributed by atoms with E-state index in [1.54, 1.807) is 30.1 Å². The number of carboxylic acid groups (broad SMARTS) is 1. The van der Waals surface area contributed by atoms with Crippen molar-refractivity contribution in [3.63, 3.8) is 0 Å². The number of anilines is 1. The number of carboxylic acids is 1. The molecule has 2 aromatic rings. The van der Waals surface area contributed by atoms with Crippen molar-refractivity contribution in [2.45, 2.75) is 6.54 Å². The highest BCUT2D eigenvalue weighted by atomic mass is 35.5. The smallest absolute Gasteiger partial charge is 0.337 e. The number of nitrogens with zero attached hydrogens (tertiary/aromatic N) is 2. The molecule has 0 amide bonds. The molecular weight excluding hydrogens is 283 g/mol. The number of rotatable bonds is 4. The van der Waals surface area contributed by atoms with Crippen LogP contribution in [-0.2, 0) is 6.54 Å². The molecule has 104 valence electrons. The van der Waals surface area contributed by atoms with Gasteiger partial charge in [-0.2, -0.15) is 0 Å². The van der Waals surface area contributed by atoms with Crippen molar-refractivity contribution in [1.82, 2.24) is 4.98 Å². The highest BCUT2D eigenvalue weighted by Gasteiger charge is 2.16. The zero-order valence-corrected chi connectivity index (χ0v) is 11.4. The molecule has 1 aromatic carbocycles. The fourth-order valence-electron chi connectivity index (χ4n) is 1.82. The Morgan fingerprint density at radius 3 is 2.75 bits per heavy atom. The molecule has 0 aliphatic heterocycles. The second kappa shape index (κ2) is 5.88. The number of benzene rings is 1. The summed E-state index contributed by atoms with van der Waals surface area (Å²) < 4.78 is 13.6. The van der Waals surface area contributed by atoms with E-state index in [-0.39, 0.29) is 22.9 Å². The van der Waals surface area contributed by atoms with Gasteiger partial charge < -0.3 is 10.0 Å². The lowest BCUT2D eigenvalue weighted by Crippen LogP contribution is -2.19. The van der Waals surface area contributed by atoms with Crippen LogP contribution in [0.4, 0.5) is 10.2 Å². The summed E-state index contributed by atoms with van der Waals surface area (Å²) in [7, 11) is 1.67. The lowest BCUT2D eigenvalue weighted by molar-refractivity contribution is 0.0697. The average molecular weight is 295 g/mol. The number of aromatic carboxylic acids is 1. The van der Waals surface area contributed by atoms with Crippen LogP contribution in [0.25, 0.3) is 0 Å². The van der Waals surface area contributed by atoms with Crippen LogP contribution in [0, 0.1) is 5.82 Å². The van der Waals surface area contributed by atoms with E-state index in [0.29, 0.717) is 11.4 Å². The first-order valence-electron chi connectivity index (χ1n) is 5.83. The quantitative estimate of drug-likeness (QED) is 0.941. The van der Waals surface area contributed by atoms with Crippen molar-refractivity contribution in [3.05, 3.63) is 58.5 Å². The summed E-state index contributed by atoms with van der Waals surface area (Å²) in [6.45, 7) is 0.239. The summed E-state index contributed by atoms with van der Waals surface area (Å²) >= 11 is 6.03. The largest absolute Gasteiger partial charge is 0.478 e. The molecule has 0 saturated carbocycles. The van der Waals surface area contributed by atoms with Gasteiger partial charge in [0.25, 0.3) is 0 Å². The number of carbonyl (C=O) groups is 1. The van der Waals surface area contributed by atoms with Gasteiger partial charge in [0.05, 0.1) is 10.6 Å². The maximum absolute atomic E-state index is 13.6. The van der Waals surface area contributed by atoms with E-state index in [4.69, 9.17) is 16.7 Å². The molecule has 4 nitrogen and oxygen atoms in total. The maximum Gasteiger partial charge on any atom is 0.337 e. The van der Waals surface area contributed by atoms with Gasteiger partial charge in [0, 0.05) is 25.4 Å². The Kier molecular flexibility index (Phi) is 4.20. The van der Waals surface area contributed by atoms with Crippen LogP contribution in [-0.4, -0.2) is 23.1 Å². The van der Waals surface area contributed by atoms with E-state index < -0.39 is 5.97 Å². The molecule has 0 aliphatic rings. The molecule has 0 fully saturated rings. The first-order chi connectivity index (χ1) is 9.50.